The molecule has 0 saturated carbocycles. The number of benzene rings is 2. The summed E-state index contributed by atoms with van der Waals surface area (Å²) in [6.07, 6.45) is -6.11. The van der Waals surface area contributed by atoms with Gasteiger partial charge in [0.15, 0.2) is 11.2 Å². The van der Waals surface area contributed by atoms with Crippen LogP contribution in [0.5, 0.6) is 11.5 Å². The van der Waals surface area contributed by atoms with E-state index in [9.17, 15) is 22.0 Å². The highest BCUT2D eigenvalue weighted by atomic mass is 32.1. The third-order valence-corrected chi connectivity index (χ3v) is 5.80. The molecule has 0 spiro atoms. The highest BCUT2D eigenvalue weighted by Crippen LogP contribution is 2.43. The topological polar surface area (TPSA) is 57.4 Å². The first-order valence-corrected chi connectivity index (χ1v) is 11.3. The van der Waals surface area contributed by atoms with Crippen LogP contribution in [0.15, 0.2) is 36.4 Å². The maximum atomic E-state index is 14.4. The second kappa shape index (κ2) is 9.77. The summed E-state index contributed by atoms with van der Waals surface area (Å²) in [5.74, 6) is -1.41. The Morgan fingerprint density at radius 1 is 1.03 bits per heavy atom. The van der Waals surface area contributed by atoms with E-state index in [-0.39, 0.29) is 27.6 Å². The lowest BCUT2D eigenvalue weighted by Gasteiger charge is -2.20. The number of nitrogens with zero attached hydrogens (tertiary/aromatic N) is 1. The highest BCUT2D eigenvalue weighted by Gasteiger charge is 2.38. The molecule has 4 nitrogen and oxygen atoms in total. The number of aromatic nitrogens is 1. The van der Waals surface area contributed by atoms with Crippen molar-refractivity contribution >= 4 is 16.5 Å². The lowest BCUT2D eigenvalue weighted by Crippen LogP contribution is -2.31. The molecule has 1 unspecified atom stereocenters. The maximum Gasteiger partial charge on any atom is 0.425 e. The molecule has 184 valence electrons. The molecule has 0 aliphatic carbocycles. The molecule has 0 fully saturated rings. The summed E-state index contributed by atoms with van der Waals surface area (Å²) >= 11 is 1.02. The van der Waals surface area contributed by atoms with Gasteiger partial charge in [0.25, 0.3) is 0 Å². The molecule has 0 bridgehead atoms. The number of alkyl halides is 3. The first kappa shape index (κ1) is 25.7. The predicted octanol–water partition coefficient (Wildman–Crippen LogP) is 7.48. The molecule has 1 atom stereocenters. The summed E-state index contributed by atoms with van der Waals surface area (Å²) in [6.45, 7) is 7.36. The summed E-state index contributed by atoms with van der Waals surface area (Å²) in [7, 11) is 0. The molecular weight excluding hydrogens is 475 g/mol. The van der Waals surface area contributed by atoms with Gasteiger partial charge in [-0.3, -0.25) is 0 Å². The molecule has 0 saturated heterocycles. The SMILES string of the molecule is CC(Oc1cc(F)ccc1-c1nc(N)sc1-c1cc(F)cc(OCCC(C)(C)C)c1)C(F)(F)F. The van der Waals surface area contributed by atoms with Crippen LogP contribution in [-0.4, -0.2) is 23.9 Å². The van der Waals surface area contributed by atoms with Gasteiger partial charge in [-0.25, -0.2) is 13.8 Å². The van der Waals surface area contributed by atoms with Crippen molar-refractivity contribution in [2.45, 2.75) is 46.4 Å². The van der Waals surface area contributed by atoms with Crippen molar-refractivity contribution in [2.75, 3.05) is 12.3 Å². The molecule has 3 aromatic rings. The van der Waals surface area contributed by atoms with E-state index in [1.165, 1.54) is 18.2 Å². The van der Waals surface area contributed by atoms with E-state index in [0.29, 0.717) is 22.8 Å². The van der Waals surface area contributed by atoms with Crippen LogP contribution in [0.25, 0.3) is 21.7 Å². The van der Waals surface area contributed by atoms with Crippen LogP contribution < -0.4 is 15.2 Å². The average Bonchev–Trinajstić information content (AvgIpc) is 3.07. The summed E-state index contributed by atoms with van der Waals surface area (Å²) in [5, 5.41) is 0.101. The fourth-order valence-corrected chi connectivity index (χ4v) is 3.85. The van der Waals surface area contributed by atoms with Crippen LogP contribution in [0.2, 0.25) is 0 Å². The van der Waals surface area contributed by atoms with Gasteiger partial charge in [-0.1, -0.05) is 32.1 Å². The van der Waals surface area contributed by atoms with Crippen LogP contribution in [0.4, 0.5) is 27.1 Å². The third kappa shape index (κ3) is 6.59. The minimum absolute atomic E-state index is 0.0297. The van der Waals surface area contributed by atoms with E-state index in [1.807, 2.05) is 0 Å². The number of nitrogen functional groups attached to an aromatic ring is 1. The van der Waals surface area contributed by atoms with Gasteiger partial charge in [0, 0.05) is 23.3 Å². The minimum atomic E-state index is -4.66. The lowest BCUT2D eigenvalue weighted by molar-refractivity contribution is -0.189. The summed E-state index contributed by atoms with van der Waals surface area (Å²) in [4.78, 5) is 4.60. The van der Waals surface area contributed by atoms with Gasteiger partial charge in [-0.2, -0.15) is 13.2 Å². The molecule has 0 radical (unpaired) electrons. The Kier molecular flexibility index (Phi) is 7.40. The zero-order chi connectivity index (χ0) is 25.3. The molecule has 1 heterocycles. The Morgan fingerprint density at radius 2 is 1.74 bits per heavy atom. The first-order chi connectivity index (χ1) is 15.7. The van der Waals surface area contributed by atoms with E-state index in [0.717, 1.165) is 36.8 Å². The molecule has 1 aromatic heterocycles. The zero-order valence-electron chi connectivity index (χ0n) is 19.1. The Labute approximate surface area is 198 Å². The van der Waals surface area contributed by atoms with Gasteiger partial charge in [0.2, 0.25) is 0 Å². The van der Waals surface area contributed by atoms with Crippen molar-refractivity contribution in [3.05, 3.63) is 48.0 Å². The smallest absolute Gasteiger partial charge is 0.425 e. The largest absolute Gasteiger partial charge is 0.493 e. The molecular formula is C24H25F5N2O2S. The van der Waals surface area contributed by atoms with Gasteiger partial charge in [0.05, 0.1) is 17.2 Å². The molecule has 2 aromatic carbocycles. The molecule has 34 heavy (non-hydrogen) atoms. The Hall–Kier alpha value is -2.88. The summed E-state index contributed by atoms with van der Waals surface area (Å²) in [5.41, 5.74) is 6.54. The van der Waals surface area contributed by atoms with Gasteiger partial charge in [-0.15, -0.1) is 0 Å². The minimum Gasteiger partial charge on any atom is -0.493 e. The zero-order valence-corrected chi connectivity index (χ0v) is 19.9. The molecule has 0 aliphatic rings. The number of hydrogen-bond donors (Lipinski definition) is 1. The second-order valence-electron chi connectivity index (χ2n) is 9.01. The maximum absolute atomic E-state index is 14.4. The highest BCUT2D eigenvalue weighted by molar-refractivity contribution is 7.19. The lowest BCUT2D eigenvalue weighted by atomic mass is 9.93. The van der Waals surface area contributed by atoms with Crippen molar-refractivity contribution in [1.82, 2.24) is 4.98 Å². The van der Waals surface area contributed by atoms with Crippen molar-refractivity contribution < 1.29 is 31.4 Å². The first-order valence-electron chi connectivity index (χ1n) is 10.5. The van der Waals surface area contributed by atoms with E-state index >= 15 is 0 Å². The molecule has 2 N–H and O–H groups in total. The standard InChI is InChI=1S/C24H25F5N2O2S/c1-13(24(27,28)29)33-19-12-15(25)5-6-18(19)20-21(34-22(30)31-20)14-9-16(26)11-17(10-14)32-8-7-23(2,3)4/h5-6,9-13H,7-8H2,1-4H3,(H2,30,31). The number of ether oxygens (including phenoxy) is 2. The van der Waals surface area contributed by atoms with E-state index in [2.05, 4.69) is 25.8 Å². The summed E-state index contributed by atoms with van der Waals surface area (Å²) in [6, 6.07) is 7.27. The number of halogens is 5. The molecule has 10 heteroatoms. The Balaban J connectivity index is 2.02. The average molecular weight is 501 g/mol. The quantitative estimate of drug-likeness (QED) is 0.342. The van der Waals surface area contributed by atoms with Crippen LogP contribution >= 0.6 is 11.3 Å². The van der Waals surface area contributed by atoms with Crippen molar-refractivity contribution in [3.8, 4) is 33.2 Å². The van der Waals surface area contributed by atoms with E-state index in [1.54, 1.807) is 6.07 Å². The Bertz CT molecular complexity index is 1160. The fraction of sp³-hybridized carbons (Fsp3) is 0.375. The van der Waals surface area contributed by atoms with Gasteiger partial charge < -0.3 is 15.2 Å². The van der Waals surface area contributed by atoms with Gasteiger partial charge >= 0.3 is 6.18 Å². The third-order valence-electron chi connectivity index (χ3n) is 4.86. The van der Waals surface area contributed by atoms with E-state index < -0.39 is 23.9 Å². The molecule has 0 aliphatic heterocycles. The normalized spacial score (nSPS) is 13.1. The number of anilines is 1. The van der Waals surface area contributed by atoms with Crippen molar-refractivity contribution in [1.29, 1.82) is 0 Å². The van der Waals surface area contributed by atoms with Crippen LogP contribution in [0.1, 0.15) is 34.1 Å². The Morgan fingerprint density at radius 3 is 2.38 bits per heavy atom. The number of rotatable bonds is 7. The molecule has 0 amide bonds. The monoisotopic (exact) mass is 500 g/mol. The van der Waals surface area contributed by atoms with Crippen molar-refractivity contribution in [3.63, 3.8) is 0 Å². The van der Waals surface area contributed by atoms with E-state index in [4.69, 9.17) is 15.2 Å². The number of thiazole rings is 1. The fourth-order valence-electron chi connectivity index (χ4n) is 3.01. The number of hydrogen-bond acceptors (Lipinski definition) is 5. The van der Waals surface area contributed by atoms with Crippen LogP contribution in [0.3, 0.4) is 0 Å². The predicted molar refractivity (Wildman–Crippen MR) is 123 cm³/mol. The van der Waals surface area contributed by atoms with Gasteiger partial charge in [-0.05, 0) is 43.0 Å². The summed E-state index contributed by atoms with van der Waals surface area (Å²) < 4.78 is 78.3. The van der Waals surface area contributed by atoms with Gasteiger partial charge in [0.1, 0.15) is 23.1 Å². The second-order valence-corrected chi connectivity index (χ2v) is 10.0. The van der Waals surface area contributed by atoms with Crippen molar-refractivity contribution in [2.24, 2.45) is 5.41 Å². The van der Waals surface area contributed by atoms with Crippen LogP contribution in [0, 0.1) is 17.0 Å². The molecule has 3 rings (SSSR count). The van der Waals surface area contributed by atoms with Crippen LogP contribution in [-0.2, 0) is 0 Å². The number of nitrogens with two attached hydrogens (primary N) is 1.